The predicted octanol–water partition coefficient (Wildman–Crippen LogP) is 4.83. The molecule has 2 aromatic carbocycles. The van der Waals surface area contributed by atoms with E-state index in [1.165, 1.54) is 0 Å². The van der Waals surface area contributed by atoms with E-state index >= 15 is 0 Å². The molecule has 0 aliphatic rings. The molecule has 0 aliphatic heterocycles. The summed E-state index contributed by atoms with van der Waals surface area (Å²) in [6.07, 6.45) is -0.696. The maximum Gasteiger partial charge on any atom is 0.263 e. The lowest BCUT2D eigenvalue weighted by molar-refractivity contribution is -0.137. The topological polar surface area (TPSA) is 48.0 Å². The zero-order valence-electron chi connectivity index (χ0n) is 15.8. The number of carbonyl (C=O) groups excluding carboxylic acids is 1. The summed E-state index contributed by atoms with van der Waals surface area (Å²) in [5, 5.41) is 0.869. The molecule has 0 heterocycles. The van der Waals surface area contributed by atoms with E-state index in [0.717, 1.165) is 5.56 Å². The van der Waals surface area contributed by atoms with Crippen molar-refractivity contribution in [2.45, 2.75) is 26.5 Å². The highest BCUT2D eigenvalue weighted by molar-refractivity contribution is 6.35. The molecule has 1 atom stereocenters. The van der Waals surface area contributed by atoms with Crippen molar-refractivity contribution >= 4 is 29.1 Å². The van der Waals surface area contributed by atoms with Gasteiger partial charge in [0.05, 0.1) is 18.7 Å². The summed E-state index contributed by atoms with van der Waals surface area (Å²) in [6.45, 7) is 4.55. The molecule has 0 bridgehead atoms. The number of benzene rings is 2. The first-order valence-corrected chi connectivity index (χ1v) is 9.27. The van der Waals surface area contributed by atoms with Gasteiger partial charge in [-0.2, -0.15) is 0 Å². The Hall–Kier alpha value is -2.11. The van der Waals surface area contributed by atoms with Crippen molar-refractivity contribution in [1.82, 2.24) is 4.90 Å². The van der Waals surface area contributed by atoms with Crippen LogP contribution in [0.5, 0.6) is 17.2 Å². The minimum absolute atomic E-state index is 0.172. The average molecular weight is 412 g/mol. The lowest BCUT2D eigenvalue weighted by Crippen LogP contribution is -2.37. The molecular weight excluding hydrogens is 389 g/mol. The number of ether oxygens (including phenoxy) is 3. The summed E-state index contributed by atoms with van der Waals surface area (Å²) in [7, 11) is 3.30. The number of carbonyl (C=O) groups is 1. The van der Waals surface area contributed by atoms with Crippen LogP contribution in [0.3, 0.4) is 0 Å². The van der Waals surface area contributed by atoms with Crippen molar-refractivity contribution in [3.05, 3.63) is 52.0 Å². The summed E-state index contributed by atoms with van der Waals surface area (Å²) >= 11 is 12.0. The Morgan fingerprint density at radius 3 is 2.44 bits per heavy atom. The first kappa shape index (κ1) is 21.2. The number of amides is 1. The molecule has 1 unspecified atom stereocenters. The molecule has 2 aromatic rings. The molecule has 0 N–H and O–H groups in total. The van der Waals surface area contributed by atoms with Crippen LogP contribution in [0.25, 0.3) is 0 Å². The van der Waals surface area contributed by atoms with Gasteiger partial charge in [-0.15, -0.1) is 0 Å². The molecule has 0 fully saturated rings. The van der Waals surface area contributed by atoms with Crippen LogP contribution in [0, 0.1) is 0 Å². The SMILES string of the molecule is CCOc1ccc(CN(C)C(=O)C(C)Oc2ccc(Cl)cc2Cl)cc1OC. The summed E-state index contributed by atoms with van der Waals surface area (Å²) in [4.78, 5) is 14.2. The van der Waals surface area contributed by atoms with Crippen molar-refractivity contribution in [3.63, 3.8) is 0 Å². The van der Waals surface area contributed by atoms with Crippen molar-refractivity contribution < 1.29 is 19.0 Å². The molecule has 27 heavy (non-hydrogen) atoms. The summed E-state index contributed by atoms with van der Waals surface area (Å²) in [6, 6.07) is 10.5. The van der Waals surface area contributed by atoms with Gasteiger partial charge >= 0.3 is 0 Å². The second-order valence-corrected chi connectivity index (χ2v) is 6.79. The first-order valence-electron chi connectivity index (χ1n) is 8.52. The summed E-state index contributed by atoms with van der Waals surface area (Å²) in [5.41, 5.74) is 0.919. The second-order valence-electron chi connectivity index (χ2n) is 5.95. The molecule has 0 radical (unpaired) electrons. The number of likely N-dealkylation sites (N-methyl/N-ethyl adjacent to an activating group) is 1. The lowest BCUT2D eigenvalue weighted by Gasteiger charge is -2.23. The van der Waals surface area contributed by atoms with Gasteiger partial charge in [-0.1, -0.05) is 29.3 Å². The largest absolute Gasteiger partial charge is 0.493 e. The molecule has 2 rings (SSSR count). The number of hydrogen-bond donors (Lipinski definition) is 0. The molecule has 5 nitrogen and oxygen atoms in total. The Balaban J connectivity index is 2.04. The lowest BCUT2D eigenvalue weighted by atomic mass is 10.2. The van der Waals surface area contributed by atoms with Crippen molar-refractivity contribution in [2.24, 2.45) is 0 Å². The first-order chi connectivity index (χ1) is 12.8. The van der Waals surface area contributed by atoms with Crippen LogP contribution < -0.4 is 14.2 Å². The minimum atomic E-state index is -0.696. The van der Waals surface area contributed by atoms with E-state index in [2.05, 4.69) is 0 Å². The van der Waals surface area contributed by atoms with E-state index in [1.54, 1.807) is 44.2 Å². The maximum atomic E-state index is 12.6. The maximum absolute atomic E-state index is 12.6. The van der Waals surface area contributed by atoms with Gasteiger partial charge in [-0.25, -0.2) is 0 Å². The van der Waals surface area contributed by atoms with Gasteiger partial charge < -0.3 is 19.1 Å². The van der Waals surface area contributed by atoms with Gasteiger partial charge in [0.1, 0.15) is 5.75 Å². The third-order valence-corrected chi connectivity index (χ3v) is 4.40. The Morgan fingerprint density at radius 1 is 1.11 bits per heavy atom. The van der Waals surface area contributed by atoms with E-state index in [9.17, 15) is 4.79 Å². The molecule has 7 heteroatoms. The molecule has 1 amide bonds. The summed E-state index contributed by atoms with van der Waals surface area (Å²) < 4.78 is 16.6. The monoisotopic (exact) mass is 411 g/mol. The van der Waals surface area contributed by atoms with E-state index < -0.39 is 6.10 Å². The number of methoxy groups -OCH3 is 1. The van der Waals surface area contributed by atoms with Gasteiger partial charge in [-0.3, -0.25) is 4.79 Å². The zero-order valence-corrected chi connectivity index (χ0v) is 17.3. The van der Waals surface area contributed by atoms with Crippen LogP contribution in [0.4, 0.5) is 0 Å². The Bertz CT molecular complexity index is 798. The highest BCUT2D eigenvalue weighted by Crippen LogP contribution is 2.30. The van der Waals surface area contributed by atoms with Crippen LogP contribution in [0.2, 0.25) is 10.0 Å². The average Bonchev–Trinajstić information content (AvgIpc) is 2.64. The Labute approximate surface area is 169 Å². The quantitative estimate of drug-likeness (QED) is 0.624. The normalized spacial score (nSPS) is 11.6. The number of nitrogens with zero attached hydrogens (tertiary/aromatic N) is 1. The predicted molar refractivity (Wildman–Crippen MR) is 107 cm³/mol. The minimum Gasteiger partial charge on any atom is -0.493 e. The highest BCUT2D eigenvalue weighted by atomic mass is 35.5. The Kier molecular flexibility index (Phi) is 7.63. The smallest absolute Gasteiger partial charge is 0.263 e. The van der Waals surface area contributed by atoms with Crippen LogP contribution >= 0.6 is 23.2 Å². The van der Waals surface area contributed by atoms with Gasteiger partial charge in [0.15, 0.2) is 17.6 Å². The fraction of sp³-hybridized carbons (Fsp3) is 0.350. The summed E-state index contributed by atoms with van der Waals surface area (Å²) in [5.74, 6) is 1.55. The second kappa shape index (κ2) is 9.72. The van der Waals surface area contributed by atoms with Gasteiger partial charge in [0, 0.05) is 18.6 Å². The van der Waals surface area contributed by atoms with Crippen molar-refractivity contribution in [1.29, 1.82) is 0 Å². The standard InChI is InChI=1S/C20H23Cl2NO4/c1-5-26-18-8-6-14(10-19(18)25-4)12-23(3)20(24)13(2)27-17-9-7-15(21)11-16(17)22/h6-11,13H,5,12H2,1-4H3. The molecule has 0 saturated carbocycles. The third-order valence-electron chi connectivity index (χ3n) is 3.87. The van der Waals surface area contributed by atoms with Crippen molar-refractivity contribution in [3.8, 4) is 17.2 Å². The molecular formula is C20H23Cl2NO4. The molecule has 0 spiro atoms. The molecule has 146 valence electrons. The van der Waals surface area contributed by atoms with E-state index in [4.69, 9.17) is 37.4 Å². The van der Waals surface area contributed by atoms with Crippen LogP contribution in [-0.2, 0) is 11.3 Å². The number of rotatable bonds is 8. The van der Waals surface area contributed by atoms with Crippen LogP contribution in [0.15, 0.2) is 36.4 Å². The fourth-order valence-corrected chi connectivity index (χ4v) is 3.01. The molecule has 0 aromatic heterocycles. The highest BCUT2D eigenvalue weighted by Gasteiger charge is 2.21. The molecule has 0 saturated heterocycles. The Morgan fingerprint density at radius 2 is 1.81 bits per heavy atom. The van der Waals surface area contributed by atoms with Crippen LogP contribution in [0.1, 0.15) is 19.4 Å². The van der Waals surface area contributed by atoms with Crippen LogP contribution in [-0.4, -0.2) is 37.7 Å². The number of hydrogen-bond acceptors (Lipinski definition) is 4. The fourth-order valence-electron chi connectivity index (χ4n) is 2.56. The van der Waals surface area contributed by atoms with E-state index in [-0.39, 0.29) is 5.91 Å². The van der Waals surface area contributed by atoms with Gasteiger partial charge in [0.2, 0.25) is 0 Å². The molecule has 0 aliphatic carbocycles. The number of halogens is 2. The van der Waals surface area contributed by atoms with E-state index in [0.29, 0.717) is 40.4 Å². The third kappa shape index (κ3) is 5.68. The van der Waals surface area contributed by atoms with Gasteiger partial charge in [0.25, 0.3) is 5.91 Å². The van der Waals surface area contributed by atoms with Crippen molar-refractivity contribution in [2.75, 3.05) is 20.8 Å². The van der Waals surface area contributed by atoms with Gasteiger partial charge in [-0.05, 0) is 49.7 Å². The zero-order chi connectivity index (χ0) is 20.0. The van der Waals surface area contributed by atoms with E-state index in [1.807, 2.05) is 25.1 Å².